The van der Waals surface area contributed by atoms with Crippen LogP contribution in [0.15, 0.2) is 47.4 Å². The lowest BCUT2D eigenvalue weighted by atomic mass is 10.1. The first-order valence-electron chi connectivity index (χ1n) is 7.83. The van der Waals surface area contributed by atoms with E-state index in [1.54, 1.807) is 11.8 Å². The highest BCUT2D eigenvalue weighted by Gasteiger charge is 2.15. The third-order valence-electron chi connectivity index (χ3n) is 4.32. The summed E-state index contributed by atoms with van der Waals surface area (Å²) in [7, 11) is 0. The molecule has 0 saturated carbocycles. The van der Waals surface area contributed by atoms with E-state index in [4.69, 9.17) is 11.6 Å². The molecule has 0 spiro atoms. The molecule has 23 heavy (non-hydrogen) atoms. The van der Waals surface area contributed by atoms with E-state index in [-0.39, 0.29) is 0 Å². The topological polar surface area (TPSA) is 32.6 Å². The molecule has 0 aliphatic carbocycles. The zero-order valence-corrected chi connectivity index (χ0v) is 15.2. The van der Waals surface area contributed by atoms with Crippen LogP contribution in [0.25, 0.3) is 10.9 Å². The first kappa shape index (κ1) is 16.4. The number of hydrogen-bond acceptors (Lipinski definition) is 1. The highest BCUT2D eigenvalue weighted by molar-refractivity contribution is 7.98. The molecule has 3 aromatic rings. The van der Waals surface area contributed by atoms with Crippen molar-refractivity contribution < 1.29 is 5.73 Å². The van der Waals surface area contributed by atoms with Crippen molar-refractivity contribution in [2.75, 3.05) is 12.8 Å². The van der Waals surface area contributed by atoms with Gasteiger partial charge in [0.15, 0.2) is 0 Å². The normalized spacial score (nSPS) is 11.3. The summed E-state index contributed by atoms with van der Waals surface area (Å²) in [4.78, 5) is 1.31. The van der Waals surface area contributed by atoms with Gasteiger partial charge in [-0.25, -0.2) is 0 Å². The highest BCUT2D eigenvalue weighted by atomic mass is 35.5. The number of rotatable bonds is 5. The summed E-state index contributed by atoms with van der Waals surface area (Å²) < 4.78 is 2.40. The molecule has 2 nitrogen and oxygen atoms in total. The molecule has 3 rings (SSSR count). The molecule has 0 amide bonds. The summed E-state index contributed by atoms with van der Waals surface area (Å²) in [6.07, 6.45) is 3.14. The Hall–Kier alpha value is -1.42. The SMILES string of the molecule is CSc1ccc2c(c1)c(CC[NH3+])c(C)n2Cc1cccc(Cl)c1. The second-order valence-corrected chi connectivity index (χ2v) is 7.08. The number of benzene rings is 2. The Morgan fingerprint density at radius 1 is 1.17 bits per heavy atom. The zero-order chi connectivity index (χ0) is 16.4. The number of halogens is 1. The maximum absolute atomic E-state index is 6.14. The van der Waals surface area contributed by atoms with Crippen molar-refractivity contribution in [1.29, 1.82) is 0 Å². The van der Waals surface area contributed by atoms with Gasteiger partial charge in [0.05, 0.1) is 6.54 Å². The van der Waals surface area contributed by atoms with E-state index in [0.29, 0.717) is 0 Å². The van der Waals surface area contributed by atoms with Gasteiger partial charge in [0.1, 0.15) is 0 Å². The molecule has 0 bridgehead atoms. The van der Waals surface area contributed by atoms with Crippen LogP contribution in [0.2, 0.25) is 5.02 Å². The molecular formula is C19H22ClN2S+. The average Bonchev–Trinajstić information content (AvgIpc) is 2.80. The third-order valence-corrected chi connectivity index (χ3v) is 5.28. The van der Waals surface area contributed by atoms with E-state index in [1.807, 2.05) is 18.2 Å². The van der Waals surface area contributed by atoms with Crippen molar-refractivity contribution in [3.05, 3.63) is 64.3 Å². The minimum absolute atomic E-state index is 0.791. The monoisotopic (exact) mass is 345 g/mol. The molecule has 3 N–H and O–H groups in total. The first-order chi connectivity index (χ1) is 11.1. The van der Waals surface area contributed by atoms with Crippen molar-refractivity contribution in [3.63, 3.8) is 0 Å². The predicted octanol–water partition coefficient (Wildman–Crippen LogP) is 4.16. The Kier molecular flexibility index (Phi) is 5.00. The van der Waals surface area contributed by atoms with Crippen molar-refractivity contribution in [2.24, 2.45) is 0 Å². The summed E-state index contributed by atoms with van der Waals surface area (Å²) >= 11 is 7.93. The fourth-order valence-corrected chi connectivity index (χ4v) is 3.82. The van der Waals surface area contributed by atoms with Gasteiger partial charge in [-0.15, -0.1) is 11.8 Å². The summed E-state index contributed by atoms with van der Waals surface area (Å²) in [5.41, 5.74) is 9.33. The second-order valence-electron chi connectivity index (χ2n) is 5.77. The fraction of sp³-hybridized carbons (Fsp3) is 0.263. The van der Waals surface area contributed by atoms with Crippen molar-refractivity contribution >= 4 is 34.3 Å². The minimum Gasteiger partial charge on any atom is -0.357 e. The molecule has 2 aromatic carbocycles. The number of nitrogens with zero attached hydrogens (tertiary/aromatic N) is 1. The summed E-state index contributed by atoms with van der Waals surface area (Å²) in [5.74, 6) is 0. The molecule has 0 aliphatic rings. The molecule has 120 valence electrons. The summed E-state index contributed by atoms with van der Waals surface area (Å²) in [6, 6.07) is 14.9. The van der Waals surface area contributed by atoms with Crippen LogP contribution in [0.4, 0.5) is 0 Å². The Balaban J connectivity index is 2.14. The molecular weight excluding hydrogens is 324 g/mol. The standard InChI is InChI=1S/C19H21ClN2S/c1-13-17(8-9-21)18-11-16(23-2)6-7-19(18)22(13)12-14-4-3-5-15(20)10-14/h3-7,10-11H,8-9,12,21H2,1-2H3/p+1. The zero-order valence-electron chi connectivity index (χ0n) is 13.6. The highest BCUT2D eigenvalue weighted by Crippen LogP contribution is 2.30. The molecule has 4 heteroatoms. The van der Waals surface area contributed by atoms with Gasteiger partial charge < -0.3 is 10.3 Å². The van der Waals surface area contributed by atoms with Crippen LogP contribution in [0.3, 0.4) is 0 Å². The van der Waals surface area contributed by atoms with Crippen LogP contribution >= 0.6 is 23.4 Å². The number of fused-ring (bicyclic) bond motifs is 1. The smallest absolute Gasteiger partial charge is 0.0781 e. The molecule has 0 unspecified atom stereocenters. The van der Waals surface area contributed by atoms with Gasteiger partial charge in [-0.05, 0) is 54.6 Å². The molecule has 0 aliphatic heterocycles. The van der Waals surface area contributed by atoms with Gasteiger partial charge in [0.25, 0.3) is 0 Å². The Bertz CT molecular complexity index is 839. The molecule has 0 fully saturated rings. The minimum atomic E-state index is 0.791. The maximum atomic E-state index is 6.14. The van der Waals surface area contributed by atoms with Crippen LogP contribution in [0, 0.1) is 6.92 Å². The maximum Gasteiger partial charge on any atom is 0.0781 e. The van der Waals surface area contributed by atoms with Gasteiger partial charge in [-0.1, -0.05) is 23.7 Å². The molecule has 0 saturated heterocycles. The molecule has 0 atom stereocenters. The van der Waals surface area contributed by atoms with Crippen LogP contribution in [-0.4, -0.2) is 17.4 Å². The average molecular weight is 346 g/mol. The lowest BCUT2D eigenvalue weighted by Crippen LogP contribution is -2.51. The van der Waals surface area contributed by atoms with Gasteiger partial charge in [-0.2, -0.15) is 0 Å². The number of quaternary nitrogens is 1. The number of aromatic nitrogens is 1. The molecule has 1 aromatic heterocycles. The Morgan fingerprint density at radius 3 is 2.70 bits per heavy atom. The van der Waals surface area contributed by atoms with Crippen LogP contribution in [0.5, 0.6) is 0 Å². The Labute approximate surface area is 146 Å². The van der Waals surface area contributed by atoms with E-state index in [9.17, 15) is 0 Å². The second kappa shape index (κ2) is 7.00. The fourth-order valence-electron chi connectivity index (χ4n) is 3.17. The lowest BCUT2D eigenvalue weighted by Gasteiger charge is -2.09. The van der Waals surface area contributed by atoms with E-state index < -0.39 is 0 Å². The third kappa shape index (κ3) is 3.27. The van der Waals surface area contributed by atoms with Gasteiger partial charge in [0, 0.05) is 39.5 Å². The molecule has 1 heterocycles. The van der Waals surface area contributed by atoms with E-state index in [2.05, 4.69) is 47.7 Å². The van der Waals surface area contributed by atoms with Gasteiger partial charge in [0.2, 0.25) is 0 Å². The first-order valence-corrected chi connectivity index (χ1v) is 9.43. The van der Waals surface area contributed by atoms with E-state index >= 15 is 0 Å². The van der Waals surface area contributed by atoms with E-state index in [0.717, 1.165) is 24.5 Å². The Morgan fingerprint density at radius 2 is 2.00 bits per heavy atom. The largest absolute Gasteiger partial charge is 0.357 e. The number of hydrogen-bond donors (Lipinski definition) is 1. The van der Waals surface area contributed by atoms with Crippen molar-refractivity contribution in [3.8, 4) is 0 Å². The van der Waals surface area contributed by atoms with Crippen LogP contribution in [-0.2, 0) is 13.0 Å². The van der Waals surface area contributed by atoms with E-state index in [1.165, 1.54) is 32.6 Å². The van der Waals surface area contributed by atoms with Crippen molar-refractivity contribution in [1.82, 2.24) is 4.57 Å². The molecule has 0 radical (unpaired) electrons. The predicted molar refractivity (Wildman–Crippen MR) is 100 cm³/mol. The number of thioether (sulfide) groups is 1. The lowest BCUT2D eigenvalue weighted by molar-refractivity contribution is -0.366. The van der Waals surface area contributed by atoms with Crippen molar-refractivity contribution in [2.45, 2.75) is 24.8 Å². The van der Waals surface area contributed by atoms with Crippen LogP contribution in [0.1, 0.15) is 16.8 Å². The van der Waals surface area contributed by atoms with Crippen LogP contribution < -0.4 is 5.73 Å². The summed E-state index contributed by atoms with van der Waals surface area (Å²) in [5, 5.41) is 2.15. The summed E-state index contributed by atoms with van der Waals surface area (Å²) in [6.45, 7) is 3.98. The van der Waals surface area contributed by atoms with Gasteiger partial charge >= 0.3 is 0 Å². The van der Waals surface area contributed by atoms with Gasteiger partial charge in [-0.3, -0.25) is 0 Å². The quantitative estimate of drug-likeness (QED) is 0.692.